The summed E-state index contributed by atoms with van der Waals surface area (Å²) in [6.45, 7) is 1.88. The Bertz CT molecular complexity index is 391. The highest BCUT2D eigenvalue weighted by atomic mass is 19.1. The highest BCUT2D eigenvalue weighted by molar-refractivity contribution is 5.58. The molecule has 1 unspecified atom stereocenters. The SMILES string of the molecule is N#Cc1cc(F)ccc1NC1CCNC1. The molecule has 1 aliphatic rings. The lowest BCUT2D eigenvalue weighted by Gasteiger charge is -2.13. The van der Waals surface area contributed by atoms with E-state index in [4.69, 9.17) is 5.26 Å². The molecule has 2 N–H and O–H groups in total. The maximum atomic E-state index is 12.9. The molecule has 15 heavy (non-hydrogen) atoms. The second-order valence-corrected chi connectivity index (χ2v) is 3.64. The van der Waals surface area contributed by atoms with Crippen molar-refractivity contribution in [2.24, 2.45) is 0 Å². The molecule has 0 aromatic heterocycles. The first-order valence-electron chi connectivity index (χ1n) is 4.96. The lowest BCUT2D eigenvalue weighted by Crippen LogP contribution is -2.22. The van der Waals surface area contributed by atoms with E-state index in [0.717, 1.165) is 19.5 Å². The van der Waals surface area contributed by atoms with Crippen LogP contribution in [0.2, 0.25) is 0 Å². The van der Waals surface area contributed by atoms with Gasteiger partial charge in [-0.15, -0.1) is 0 Å². The van der Waals surface area contributed by atoms with E-state index >= 15 is 0 Å². The zero-order chi connectivity index (χ0) is 10.7. The number of nitriles is 1. The highest BCUT2D eigenvalue weighted by Gasteiger charge is 2.15. The predicted molar refractivity (Wildman–Crippen MR) is 56.0 cm³/mol. The van der Waals surface area contributed by atoms with E-state index in [2.05, 4.69) is 10.6 Å². The van der Waals surface area contributed by atoms with Gasteiger partial charge in [0.15, 0.2) is 0 Å². The molecule has 1 atom stereocenters. The van der Waals surface area contributed by atoms with Gasteiger partial charge in [0.25, 0.3) is 0 Å². The summed E-state index contributed by atoms with van der Waals surface area (Å²) in [4.78, 5) is 0. The summed E-state index contributed by atoms with van der Waals surface area (Å²) in [6.07, 6.45) is 1.03. The van der Waals surface area contributed by atoms with Crippen LogP contribution in [0.25, 0.3) is 0 Å². The summed E-state index contributed by atoms with van der Waals surface area (Å²) in [5.41, 5.74) is 1.08. The van der Waals surface area contributed by atoms with E-state index in [1.165, 1.54) is 12.1 Å². The quantitative estimate of drug-likeness (QED) is 0.768. The summed E-state index contributed by atoms with van der Waals surface area (Å²) in [6, 6.07) is 6.56. The number of halogens is 1. The number of benzene rings is 1. The molecule has 1 aromatic rings. The summed E-state index contributed by atoms with van der Waals surface area (Å²) in [7, 11) is 0. The fraction of sp³-hybridized carbons (Fsp3) is 0.364. The van der Waals surface area contributed by atoms with Crippen molar-refractivity contribution in [2.75, 3.05) is 18.4 Å². The van der Waals surface area contributed by atoms with Crippen LogP contribution in [0.15, 0.2) is 18.2 Å². The van der Waals surface area contributed by atoms with E-state index in [1.807, 2.05) is 6.07 Å². The number of anilines is 1. The third-order valence-corrected chi connectivity index (χ3v) is 2.52. The zero-order valence-corrected chi connectivity index (χ0v) is 8.26. The molecule has 1 heterocycles. The largest absolute Gasteiger partial charge is 0.380 e. The van der Waals surface area contributed by atoms with Crippen molar-refractivity contribution in [3.05, 3.63) is 29.6 Å². The molecule has 1 fully saturated rings. The van der Waals surface area contributed by atoms with Crippen molar-refractivity contribution < 1.29 is 4.39 Å². The minimum atomic E-state index is -0.373. The Morgan fingerprint density at radius 1 is 1.53 bits per heavy atom. The van der Waals surface area contributed by atoms with Crippen LogP contribution in [0.5, 0.6) is 0 Å². The van der Waals surface area contributed by atoms with E-state index in [0.29, 0.717) is 17.3 Å². The molecule has 0 aliphatic carbocycles. The zero-order valence-electron chi connectivity index (χ0n) is 8.26. The van der Waals surface area contributed by atoms with Crippen molar-refractivity contribution in [3.63, 3.8) is 0 Å². The van der Waals surface area contributed by atoms with Crippen LogP contribution in [0.4, 0.5) is 10.1 Å². The molecule has 0 amide bonds. The van der Waals surface area contributed by atoms with Gasteiger partial charge in [0, 0.05) is 12.6 Å². The lowest BCUT2D eigenvalue weighted by molar-refractivity contribution is 0.627. The van der Waals surface area contributed by atoms with Gasteiger partial charge in [0.1, 0.15) is 11.9 Å². The Morgan fingerprint density at radius 3 is 3.07 bits per heavy atom. The molecule has 4 heteroatoms. The number of nitrogens with one attached hydrogen (secondary N) is 2. The van der Waals surface area contributed by atoms with Gasteiger partial charge in [-0.2, -0.15) is 5.26 Å². The van der Waals surface area contributed by atoms with Crippen LogP contribution in [0.1, 0.15) is 12.0 Å². The Hall–Kier alpha value is -1.60. The number of nitrogens with zero attached hydrogens (tertiary/aromatic N) is 1. The van der Waals surface area contributed by atoms with Crippen molar-refractivity contribution in [2.45, 2.75) is 12.5 Å². The molecule has 1 aliphatic heterocycles. The Balaban J connectivity index is 2.16. The molecule has 1 saturated heterocycles. The van der Waals surface area contributed by atoms with Crippen molar-refractivity contribution in [1.82, 2.24) is 5.32 Å². The first-order chi connectivity index (χ1) is 7.29. The van der Waals surface area contributed by atoms with Gasteiger partial charge in [-0.05, 0) is 31.2 Å². The maximum absolute atomic E-state index is 12.9. The minimum absolute atomic E-state index is 0.336. The van der Waals surface area contributed by atoms with Crippen molar-refractivity contribution >= 4 is 5.69 Å². The molecule has 3 nitrogen and oxygen atoms in total. The smallest absolute Gasteiger partial charge is 0.124 e. The van der Waals surface area contributed by atoms with Gasteiger partial charge in [-0.1, -0.05) is 0 Å². The number of hydrogen-bond acceptors (Lipinski definition) is 3. The summed E-state index contributed by atoms with van der Waals surface area (Å²) in [5.74, 6) is -0.373. The second-order valence-electron chi connectivity index (χ2n) is 3.64. The molecular formula is C11H12FN3. The maximum Gasteiger partial charge on any atom is 0.124 e. The molecular weight excluding hydrogens is 193 g/mol. The van der Waals surface area contributed by atoms with Crippen LogP contribution in [0.3, 0.4) is 0 Å². The predicted octanol–water partition coefficient (Wildman–Crippen LogP) is 1.47. The molecule has 2 rings (SSSR count). The standard InChI is InChI=1S/C11H12FN3/c12-9-1-2-11(8(5-9)6-13)15-10-3-4-14-7-10/h1-2,5,10,14-15H,3-4,7H2. The van der Waals surface area contributed by atoms with Crippen LogP contribution in [-0.4, -0.2) is 19.1 Å². The van der Waals surface area contributed by atoms with E-state index < -0.39 is 0 Å². The number of rotatable bonds is 2. The van der Waals surface area contributed by atoms with Crippen LogP contribution < -0.4 is 10.6 Å². The third kappa shape index (κ3) is 2.25. The average molecular weight is 205 g/mol. The van der Waals surface area contributed by atoms with Crippen LogP contribution >= 0.6 is 0 Å². The van der Waals surface area contributed by atoms with Crippen molar-refractivity contribution in [3.8, 4) is 6.07 Å². The lowest BCUT2D eigenvalue weighted by atomic mass is 10.1. The van der Waals surface area contributed by atoms with Gasteiger partial charge in [0.2, 0.25) is 0 Å². The first kappa shape index (κ1) is 9.94. The topological polar surface area (TPSA) is 47.9 Å². The summed E-state index contributed by atoms with van der Waals surface area (Å²) < 4.78 is 12.9. The van der Waals surface area contributed by atoms with E-state index in [9.17, 15) is 4.39 Å². The van der Waals surface area contributed by atoms with E-state index in [1.54, 1.807) is 6.07 Å². The normalized spacial score (nSPS) is 19.9. The molecule has 0 saturated carbocycles. The third-order valence-electron chi connectivity index (χ3n) is 2.52. The second kappa shape index (κ2) is 4.28. The molecule has 0 radical (unpaired) electrons. The van der Waals surface area contributed by atoms with Crippen LogP contribution in [0, 0.1) is 17.1 Å². The Labute approximate surface area is 87.9 Å². The summed E-state index contributed by atoms with van der Waals surface area (Å²) in [5, 5.41) is 15.3. The van der Waals surface area contributed by atoms with Gasteiger partial charge >= 0.3 is 0 Å². The van der Waals surface area contributed by atoms with E-state index in [-0.39, 0.29) is 5.82 Å². The van der Waals surface area contributed by atoms with Gasteiger partial charge in [0.05, 0.1) is 11.3 Å². The molecule has 78 valence electrons. The fourth-order valence-corrected chi connectivity index (χ4v) is 1.73. The highest BCUT2D eigenvalue weighted by Crippen LogP contribution is 2.18. The first-order valence-corrected chi connectivity index (χ1v) is 4.96. The fourth-order valence-electron chi connectivity index (χ4n) is 1.73. The monoisotopic (exact) mass is 205 g/mol. The summed E-state index contributed by atoms with van der Waals surface area (Å²) >= 11 is 0. The number of hydrogen-bond donors (Lipinski definition) is 2. The van der Waals surface area contributed by atoms with Gasteiger partial charge < -0.3 is 10.6 Å². The van der Waals surface area contributed by atoms with Crippen molar-refractivity contribution in [1.29, 1.82) is 5.26 Å². The van der Waals surface area contributed by atoms with Crippen LogP contribution in [-0.2, 0) is 0 Å². The van der Waals surface area contributed by atoms with Gasteiger partial charge in [-0.3, -0.25) is 0 Å². The minimum Gasteiger partial charge on any atom is -0.380 e. The Morgan fingerprint density at radius 2 is 2.40 bits per heavy atom. The molecule has 0 spiro atoms. The molecule has 1 aromatic carbocycles. The molecule has 0 bridgehead atoms. The average Bonchev–Trinajstić information content (AvgIpc) is 2.73. The Kier molecular flexibility index (Phi) is 2.84. The van der Waals surface area contributed by atoms with Gasteiger partial charge in [-0.25, -0.2) is 4.39 Å².